The highest BCUT2D eigenvalue weighted by molar-refractivity contribution is 7.89. The fourth-order valence-electron chi connectivity index (χ4n) is 2.28. The normalized spacial score (nSPS) is 11.3. The van der Waals surface area contributed by atoms with Crippen LogP contribution in [0.4, 0.5) is 0 Å². The molecule has 0 atom stereocenters. The molecule has 2 rings (SSSR count). The number of benzene rings is 1. The van der Waals surface area contributed by atoms with Crippen molar-refractivity contribution in [3.63, 3.8) is 0 Å². The first kappa shape index (κ1) is 18.6. The van der Waals surface area contributed by atoms with E-state index >= 15 is 0 Å². The van der Waals surface area contributed by atoms with E-state index in [0.717, 1.165) is 4.31 Å². The molecule has 0 aliphatic rings. The minimum absolute atomic E-state index is 0.0445. The number of carbonyl (C=O) groups is 1. The van der Waals surface area contributed by atoms with Crippen molar-refractivity contribution in [3.05, 3.63) is 46.8 Å². The van der Waals surface area contributed by atoms with Gasteiger partial charge in [-0.05, 0) is 32.0 Å². The van der Waals surface area contributed by atoms with Crippen molar-refractivity contribution in [2.45, 2.75) is 18.7 Å². The summed E-state index contributed by atoms with van der Waals surface area (Å²) in [7, 11) is -2.33. The van der Waals surface area contributed by atoms with Crippen LogP contribution in [0.25, 0.3) is 0 Å². The molecular formula is C16H18N4O4S. The lowest BCUT2D eigenvalue weighted by atomic mass is 10.1. The Balaban J connectivity index is 1.99. The second kappa shape index (κ2) is 7.46. The number of nitrogens with one attached hydrogen (secondary N) is 1. The maximum absolute atomic E-state index is 12.5. The fourth-order valence-corrected chi connectivity index (χ4v) is 3.73. The third-order valence-corrected chi connectivity index (χ3v) is 5.70. The molecule has 9 heteroatoms. The van der Waals surface area contributed by atoms with Crippen LogP contribution in [0.2, 0.25) is 0 Å². The molecule has 8 nitrogen and oxygen atoms in total. The number of aryl methyl sites for hydroxylation is 2. The van der Waals surface area contributed by atoms with Gasteiger partial charge in [-0.25, -0.2) is 8.42 Å². The zero-order valence-electron chi connectivity index (χ0n) is 14.1. The second-order valence-corrected chi connectivity index (χ2v) is 7.41. The Hall–Kier alpha value is -2.70. The molecule has 1 aromatic heterocycles. The number of carbonyl (C=O) groups excluding carboxylic acids is 1. The lowest BCUT2D eigenvalue weighted by Crippen LogP contribution is -2.36. The first-order chi connectivity index (χ1) is 11.8. The molecule has 0 radical (unpaired) electrons. The zero-order valence-corrected chi connectivity index (χ0v) is 14.9. The summed E-state index contributed by atoms with van der Waals surface area (Å²) in [4.78, 5) is 12.1. The van der Waals surface area contributed by atoms with Crippen LogP contribution < -0.4 is 5.32 Å². The number of likely N-dealkylation sites (N-methyl/N-ethyl adjacent to an activating group) is 1. The molecule has 1 heterocycles. The van der Waals surface area contributed by atoms with E-state index in [4.69, 9.17) is 9.78 Å². The zero-order chi connectivity index (χ0) is 18.6. The molecule has 0 aliphatic heterocycles. The quantitative estimate of drug-likeness (QED) is 0.826. The van der Waals surface area contributed by atoms with E-state index in [2.05, 4.69) is 10.5 Å². The predicted molar refractivity (Wildman–Crippen MR) is 89.3 cm³/mol. The standard InChI is InChI=1S/C16H18N4O4S/c1-11-15(12(2)24-19-11)25(22,23)20(3)8-7-18-16(21)14-6-4-5-13(9-14)10-17/h4-6,9H,7-8H2,1-3H3,(H,18,21). The Kier molecular flexibility index (Phi) is 5.56. The van der Waals surface area contributed by atoms with Crippen LogP contribution in [-0.4, -0.2) is 43.9 Å². The highest BCUT2D eigenvalue weighted by atomic mass is 32.2. The summed E-state index contributed by atoms with van der Waals surface area (Å²) in [6.45, 7) is 3.29. The third-order valence-electron chi connectivity index (χ3n) is 3.60. The minimum Gasteiger partial charge on any atom is -0.360 e. The van der Waals surface area contributed by atoms with Crippen molar-refractivity contribution in [3.8, 4) is 6.07 Å². The van der Waals surface area contributed by atoms with Crippen LogP contribution in [-0.2, 0) is 10.0 Å². The number of nitriles is 1. The van der Waals surface area contributed by atoms with Gasteiger partial charge in [0.05, 0.1) is 11.6 Å². The Morgan fingerprint density at radius 3 is 2.72 bits per heavy atom. The van der Waals surface area contributed by atoms with Crippen molar-refractivity contribution in [1.82, 2.24) is 14.8 Å². The van der Waals surface area contributed by atoms with Crippen LogP contribution >= 0.6 is 0 Å². The van der Waals surface area contributed by atoms with Crippen LogP contribution in [0, 0.1) is 25.2 Å². The topological polar surface area (TPSA) is 116 Å². The first-order valence-electron chi connectivity index (χ1n) is 7.45. The summed E-state index contributed by atoms with van der Waals surface area (Å²) >= 11 is 0. The molecular weight excluding hydrogens is 344 g/mol. The van der Waals surface area contributed by atoms with Gasteiger partial charge < -0.3 is 9.84 Å². The maximum atomic E-state index is 12.5. The maximum Gasteiger partial charge on any atom is 0.251 e. The molecule has 0 saturated carbocycles. The molecule has 2 aromatic rings. The SMILES string of the molecule is Cc1noc(C)c1S(=O)(=O)N(C)CCNC(=O)c1cccc(C#N)c1. The lowest BCUT2D eigenvalue weighted by Gasteiger charge is -2.17. The van der Waals surface area contributed by atoms with Gasteiger partial charge in [0.25, 0.3) is 5.91 Å². The van der Waals surface area contributed by atoms with Gasteiger partial charge in [0.2, 0.25) is 10.0 Å². The summed E-state index contributed by atoms with van der Waals surface area (Å²) in [5.41, 5.74) is 1.02. The molecule has 0 bridgehead atoms. The van der Waals surface area contributed by atoms with Gasteiger partial charge in [-0.1, -0.05) is 11.2 Å². The smallest absolute Gasteiger partial charge is 0.251 e. The van der Waals surface area contributed by atoms with Gasteiger partial charge in [0, 0.05) is 25.7 Å². The number of aromatic nitrogens is 1. The monoisotopic (exact) mass is 362 g/mol. The van der Waals surface area contributed by atoms with Gasteiger partial charge >= 0.3 is 0 Å². The van der Waals surface area contributed by atoms with Crippen molar-refractivity contribution in [2.24, 2.45) is 0 Å². The largest absolute Gasteiger partial charge is 0.360 e. The van der Waals surface area contributed by atoms with E-state index in [-0.39, 0.29) is 29.7 Å². The highest BCUT2D eigenvalue weighted by Crippen LogP contribution is 2.21. The fraction of sp³-hybridized carbons (Fsp3) is 0.312. The average molecular weight is 362 g/mol. The molecule has 0 aliphatic carbocycles. The van der Waals surface area contributed by atoms with Gasteiger partial charge in [-0.3, -0.25) is 4.79 Å². The van der Waals surface area contributed by atoms with E-state index in [1.54, 1.807) is 25.1 Å². The molecule has 1 aromatic carbocycles. The Morgan fingerprint density at radius 2 is 2.12 bits per heavy atom. The Bertz CT molecular complexity index is 908. The summed E-state index contributed by atoms with van der Waals surface area (Å²) < 4.78 is 31.1. The number of amides is 1. The number of sulfonamides is 1. The number of rotatable bonds is 6. The Labute approximate surface area is 146 Å². The predicted octanol–water partition coefficient (Wildman–Crippen LogP) is 1.21. The summed E-state index contributed by atoms with van der Waals surface area (Å²) in [5, 5.41) is 15.1. The van der Waals surface area contributed by atoms with E-state index in [9.17, 15) is 13.2 Å². The second-order valence-electron chi connectivity index (χ2n) is 5.43. The summed E-state index contributed by atoms with van der Waals surface area (Å²) in [6.07, 6.45) is 0. The highest BCUT2D eigenvalue weighted by Gasteiger charge is 2.28. The minimum atomic E-state index is -3.75. The van der Waals surface area contributed by atoms with E-state index < -0.39 is 10.0 Å². The van der Waals surface area contributed by atoms with Crippen molar-refractivity contribution in [2.75, 3.05) is 20.1 Å². The van der Waals surface area contributed by atoms with Crippen LogP contribution in [0.1, 0.15) is 27.4 Å². The van der Waals surface area contributed by atoms with E-state index in [1.807, 2.05) is 6.07 Å². The van der Waals surface area contributed by atoms with Crippen LogP contribution in [0.5, 0.6) is 0 Å². The van der Waals surface area contributed by atoms with Gasteiger partial charge in [0.15, 0.2) is 5.76 Å². The Morgan fingerprint density at radius 1 is 1.40 bits per heavy atom. The van der Waals surface area contributed by atoms with E-state index in [0.29, 0.717) is 16.8 Å². The first-order valence-corrected chi connectivity index (χ1v) is 8.89. The number of hydrogen-bond donors (Lipinski definition) is 1. The molecule has 132 valence electrons. The van der Waals surface area contributed by atoms with E-state index in [1.165, 1.54) is 20.0 Å². The number of hydrogen-bond acceptors (Lipinski definition) is 6. The number of nitrogens with zero attached hydrogens (tertiary/aromatic N) is 3. The van der Waals surface area contributed by atoms with Crippen LogP contribution in [0.15, 0.2) is 33.7 Å². The van der Waals surface area contributed by atoms with Gasteiger partial charge in [0.1, 0.15) is 10.6 Å². The molecule has 1 N–H and O–H groups in total. The van der Waals surface area contributed by atoms with Crippen LogP contribution in [0.3, 0.4) is 0 Å². The van der Waals surface area contributed by atoms with Gasteiger partial charge in [-0.2, -0.15) is 9.57 Å². The van der Waals surface area contributed by atoms with Crippen molar-refractivity contribution < 1.29 is 17.7 Å². The molecule has 0 fully saturated rings. The molecule has 25 heavy (non-hydrogen) atoms. The third kappa shape index (κ3) is 4.04. The lowest BCUT2D eigenvalue weighted by molar-refractivity contribution is 0.0952. The van der Waals surface area contributed by atoms with Crippen molar-refractivity contribution in [1.29, 1.82) is 5.26 Å². The average Bonchev–Trinajstić information content (AvgIpc) is 2.93. The molecule has 1 amide bonds. The summed E-state index contributed by atoms with van der Waals surface area (Å²) in [5.74, 6) is -0.151. The van der Waals surface area contributed by atoms with Crippen molar-refractivity contribution >= 4 is 15.9 Å². The summed E-state index contributed by atoms with van der Waals surface area (Å²) in [6, 6.07) is 8.23. The molecule has 0 saturated heterocycles. The van der Waals surface area contributed by atoms with Gasteiger partial charge in [-0.15, -0.1) is 0 Å². The molecule has 0 unspecified atom stereocenters. The molecule has 0 spiro atoms.